The SMILES string of the molecule is CCCCNC(=O)C(C)N1CCC(c2ccc(F)cn2)CC1. The van der Waals surface area contributed by atoms with Crippen molar-refractivity contribution in [1.82, 2.24) is 15.2 Å². The highest BCUT2D eigenvalue weighted by Crippen LogP contribution is 2.27. The molecule has 1 fully saturated rings. The van der Waals surface area contributed by atoms with E-state index in [1.165, 1.54) is 12.3 Å². The molecule has 122 valence electrons. The number of piperidine rings is 1. The van der Waals surface area contributed by atoms with Crippen LogP contribution in [0.2, 0.25) is 0 Å². The zero-order chi connectivity index (χ0) is 15.9. The lowest BCUT2D eigenvalue weighted by Gasteiger charge is -2.35. The third kappa shape index (κ3) is 4.50. The van der Waals surface area contributed by atoms with Crippen LogP contribution in [0.1, 0.15) is 51.1 Å². The Morgan fingerprint density at radius 2 is 2.18 bits per heavy atom. The minimum Gasteiger partial charge on any atom is -0.355 e. The molecule has 0 radical (unpaired) electrons. The van der Waals surface area contributed by atoms with Crippen LogP contribution in [0.3, 0.4) is 0 Å². The van der Waals surface area contributed by atoms with Gasteiger partial charge in [-0.15, -0.1) is 0 Å². The molecule has 22 heavy (non-hydrogen) atoms. The standard InChI is InChI=1S/C17H26FN3O/c1-3-4-9-19-17(22)13(2)21-10-7-14(8-11-21)16-6-5-15(18)12-20-16/h5-6,12-14H,3-4,7-11H2,1-2H3,(H,19,22). The third-order valence-corrected chi connectivity index (χ3v) is 4.45. The Labute approximate surface area is 132 Å². The predicted octanol–water partition coefficient (Wildman–Crippen LogP) is 2.70. The van der Waals surface area contributed by atoms with Gasteiger partial charge in [0.15, 0.2) is 0 Å². The Hall–Kier alpha value is -1.49. The number of pyridine rings is 1. The summed E-state index contributed by atoms with van der Waals surface area (Å²) in [5.74, 6) is 0.192. The average molecular weight is 307 g/mol. The van der Waals surface area contributed by atoms with E-state index in [0.717, 1.165) is 51.0 Å². The van der Waals surface area contributed by atoms with Crippen molar-refractivity contribution in [3.63, 3.8) is 0 Å². The number of nitrogens with zero attached hydrogens (tertiary/aromatic N) is 2. The topological polar surface area (TPSA) is 45.2 Å². The van der Waals surface area contributed by atoms with Gasteiger partial charge in [-0.25, -0.2) is 4.39 Å². The fourth-order valence-electron chi connectivity index (χ4n) is 2.91. The number of halogens is 1. The number of carbonyl (C=O) groups excluding carboxylic acids is 1. The molecule has 2 rings (SSSR count). The van der Waals surface area contributed by atoms with Gasteiger partial charge in [0, 0.05) is 18.2 Å². The number of aromatic nitrogens is 1. The molecule has 0 aliphatic carbocycles. The van der Waals surface area contributed by atoms with Gasteiger partial charge >= 0.3 is 0 Å². The second kappa shape index (κ2) is 8.22. The highest BCUT2D eigenvalue weighted by atomic mass is 19.1. The molecule has 0 saturated carbocycles. The molecule has 1 unspecified atom stereocenters. The van der Waals surface area contributed by atoms with Crippen LogP contribution >= 0.6 is 0 Å². The zero-order valence-electron chi connectivity index (χ0n) is 13.5. The van der Waals surface area contributed by atoms with Crippen LogP contribution in [0.15, 0.2) is 18.3 Å². The van der Waals surface area contributed by atoms with Crippen molar-refractivity contribution in [3.8, 4) is 0 Å². The molecule has 1 aromatic rings. The van der Waals surface area contributed by atoms with Crippen molar-refractivity contribution in [1.29, 1.82) is 0 Å². The van der Waals surface area contributed by atoms with Crippen LogP contribution in [0, 0.1) is 5.82 Å². The van der Waals surface area contributed by atoms with Gasteiger partial charge in [0.1, 0.15) is 5.82 Å². The van der Waals surface area contributed by atoms with E-state index < -0.39 is 0 Å². The molecule has 1 aliphatic rings. The fraction of sp³-hybridized carbons (Fsp3) is 0.647. The summed E-state index contributed by atoms with van der Waals surface area (Å²) in [5.41, 5.74) is 0.959. The molecule has 1 N–H and O–H groups in total. The number of hydrogen-bond donors (Lipinski definition) is 1. The van der Waals surface area contributed by atoms with Gasteiger partial charge in [0.25, 0.3) is 0 Å². The van der Waals surface area contributed by atoms with Crippen molar-refractivity contribution in [3.05, 3.63) is 29.8 Å². The van der Waals surface area contributed by atoms with Crippen molar-refractivity contribution < 1.29 is 9.18 Å². The summed E-state index contributed by atoms with van der Waals surface area (Å²) in [6.07, 6.45) is 5.32. The Morgan fingerprint density at radius 3 is 2.77 bits per heavy atom. The summed E-state index contributed by atoms with van der Waals surface area (Å²) < 4.78 is 12.9. The predicted molar refractivity (Wildman–Crippen MR) is 85.1 cm³/mol. The van der Waals surface area contributed by atoms with E-state index in [1.54, 1.807) is 6.07 Å². The molecule has 1 saturated heterocycles. The van der Waals surface area contributed by atoms with Gasteiger partial charge in [-0.3, -0.25) is 14.7 Å². The van der Waals surface area contributed by atoms with Gasteiger partial charge in [0.05, 0.1) is 12.2 Å². The van der Waals surface area contributed by atoms with Crippen LogP contribution in [-0.2, 0) is 4.79 Å². The van der Waals surface area contributed by atoms with Gasteiger partial charge < -0.3 is 5.32 Å². The number of carbonyl (C=O) groups is 1. The number of likely N-dealkylation sites (tertiary alicyclic amines) is 1. The molecule has 0 bridgehead atoms. The first-order valence-corrected chi connectivity index (χ1v) is 8.25. The van der Waals surface area contributed by atoms with Crippen molar-refractivity contribution in [2.75, 3.05) is 19.6 Å². The van der Waals surface area contributed by atoms with E-state index in [9.17, 15) is 9.18 Å². The summed E-state index contributed by atoms with van der Waals surface area (Å²) in [4.78, 5) is 18.5. The molecule has 2 heterocycles. The van der Waals surface area contributed by atoms with Crippen molar-refractivity contribution in [2.24, 2.45) is 0 Å². The molecule has 1 aliphatic heterocycles. The lowest BCUT2D eigenvalue weighted by atomic mass is 9.92. The molecule has 5 heteroatoms. The molecule has 1 aromatic heterocycles. The van der Waals surface area contributed by atoms with Crippen LogP contribution < -0.4 is 5.32 Å². The van der Waals surface area contributed by atoms with Crippen molar-refractivity contribution in [2.45, 2.75) is 51.5 Å². The van der Waals surface area contributed by atoms with E-state index >= 15 is 0 Å². The summed E-state index contributed by atoms with van der Waals surface area (Å²) >= 11 is 0. The number of unbranched alkanes of at least 4 members (excludes halogenated alkanes) is 1. The van der Waals surface area contributed by atoms with Gasteiger partial charge in [-0.1, -0.05) is 13.3 Å². The minimum absolute atomic E-state index is 0.0843. The number of nitrogens with one attached hydrogen (secondary N) is 1. The molecule has 1 atom stereocenters. The first-order chi connectivity index (χ1) is 10.6. The largest absolute Gasteiger partial charge is 0.355 e. The maximum Gasteiger partial charge on any atom is 0.237 e. The molecular formula is C17H26FN3O. The van der Waals surface area contributed by atoms with E-state index in [2.05, 4.69) is 22.1 Å². The molecule has 0 spiro atoms. The first kappa shape index (κ1) is 16.9. The van der Waals surface area contributed by atoms with E-state index in [4.69, 9.17) is 0 Å². The highest BCUT2D eigenvalue weighted by molar-refractivity contribution is 5.81. The summed E-state index contributed by atoms with van der Waals surface area (Å²) in [6, 6.07) is 3.16. The van der Waals surface area contributed by atoms with Gasteiger partial charge in [-0.2, -0.15) is 0 Å². The summed E-state index contributed by atoms with van der Waals surface area (Å²) in [5, 5.41) is 3.00. The second-order valence-electron chi connectivity index (χ2n) is 6.03. The Kier molecular flexibility index (Phi) is 6.31. The molecule has 0 aromatic carbocycles. The van der Waals surface area contributed by atoms with E-state index in [1.807, 2.05) is 6.92 Å². The van der Waals surface area contributed by atoms with Crippen LogP contribution in [0.5, 0.6) is 0 Å². The minimum atomic E-state index is -0.293. The smallest absolute Gasteiger partial charge is 0.237 e. The van der Waals surface area contributed by atoms with E-state index in [-0.39, 0.29) is 17.8 Å². The van der Waals surface area contributed by atoms with Crippen LogP contribution in [0.25, 0.3) is 0 Å². The van der Waals surface area contributed by atoms with Crippen LogP contribution in [-0.4, -0.2) is 41.5 Å². The fourth-order valence-corrected chi connectivity index (χ4v) is 2.91. The van der Waals surface area contributed by atoms with Crippen molar-refractivity contribution >= 4 is 5.91 Å². The third-order valence-electron chi connectivity index (χ3n) is 4.45. The Morgan fingerprint density at radius 1 is 1.45 bits per heavy atom. The number of amides is 1. The maximum atomic E-state index is 12.9. The zero-order valence-corrected chi connectivity index (χ0v) is 13.5. The monoisotopic (exact) mass is 307 g/mol. The number of rotatable bonds is 6. The Balaban J connectivity index is 1.81. The quantitative estimate of drug-likeness (QED) is 0.822. The lowest BCUT2D eigenvalue weighted by molar-refractivity contribution is -0.126. The lowest BCUT2D eigenvalue weighted by Crippen LogP contribution is -2.48. The van der Waals surface area contributed by atoms with Gasteiger partial charge in [-0.05, 0) is 51.4 Å². The molecule has 4 nitrogen and oxygen atoms in total. The second-order valence-corrected chi connectivity index (χ2v) is 6.03. The average Bonchev–Trinajstić information content (AvgIpc) is 2.55. The molecule has 1 amide bonds. The Bertz CT molecular complexity index is 469. The number of hydrogen-bond acceptors (Lipinski definition) is 3. The summed E-state index contributed by atoms with van der Waals surface area (Å²) in [7, 11) is 0. The maximum absolute atomic E-state index is 12.9. The summed E-state index contributed by atoms with van der Waals surface area (Å²) in [6.45, 7) is 6.61. The normalized spacial score (nSPS) is 18.1. The van der Waals surface area contributed by atoms with E-state index in [0.29, 0.717) is 5.92 Å². The molecular weight excluding hydrogens is 281 g/mol. The highest BCUT2D eigenvalue weighted by Gasteiger charge is 2.27. The van der Waals surface area contributed by atoms with Gasteiger partial charge in [0.2, 0.25) is 5.91 Å². The van der Waals surface area contributed by atoms with Crippen LogP contribution in [0.4, 0.5) is 4.39 Å². The first-order valence-electron chi connectivity index (χ1n) is 8.25.